The highest BCUT2D eigenvalue weighted by atomic mass is 35.5. The predicted octanol–water partition coefficient (Wildman–Crippen LogP) is 1.72. The topological polar surface area (TPSA) is 59.0 Å². The van der Waals surface area contributed by atoms with Gasteiger partial charge in [0.25, 0.3) is 5.91 Å². The molecule has 1 aromatic heterocycles. The average Bonchev–Trinajstić information content (AvgIpc) is 2.90. The van der Waals surface area contributed by atoms with E-state index in [1.54, 1.807) is 6.20 Å². The average molecular weight is 343 g/mol. The molecule has 2 aromatic rings. The van der Waals surface area contributed by atoms with Gasteiger partial charge in [0.1, 0.15) is 0 Å². The third-order valence-electron chi connectivity index (χ3n) is 3.54. The van der Waals surface area contributed by atoms with Crippen molar-refractivity contribution in [3.05, 3.63) is 53.9 Å². The maximum absolute atomic E-state index is 12.0. The number of hydrogen-bond acceptors (Lipinski definition) is 3. The first kappa shape index (κ1) is 18.5. The first-order valence-electron chi connectivity index (χ1n) is 6.86. The van der Waals surface area contributed by atoms with Crippen molar-refractivity contribution in [2.24, 2.45) is 5.92 Å². The third-order valence-corrected chi connectivity index (χ3v) is 3.54. The second kappa shape index (κ2) is 8.78. The summed E-state index contributed by atoms with van der Waals surface area (Å²) in [6.07, 6.45) is 3.68. The lowest BCUT2D eigenvalue weighted by Gasteiger charge is -2.27. The van der Waals surface area contributed by atoms with Crippen molar-refractivity contribution in [1.82, 2.24) is 20.4 Å². The van der Waals surface area contributed by atoms with Crippen LogP contribution in [0.15, 0.2) is 42.7 Å². The van der Waals surface area contributed by atoms with Crippen LogP contribution in [0.1, 0.15) is 15.9 Å². The second-order valence-corrected chi connectivity index (χ2v) is 5.13. The Morgan fingerprint density at radius 3 is 2.55 bits per heavy atom. The molecule has 22 heavy (non-hydrogen) atoms. The molecule has 5 nitrogen and oxygen atoms in total. The molecular weight excluding hydrogens is 323 g/mol. The summed E-state index contributed by atoms with van der Waals surface area (Å²) in [5.74, 6) is 0.584. The first-order valence-corrected chi connectivity index (χ1v) is 6.86. The van der Waals surface area contributed by atoms with E-state index in [1.165, 1.54) is 0 Å². The Kier molecular flexibility index (Phi) is 7.38. The molecule has 0 unspecified atom stereocenters. The number of nitrogens with zero attached hydrogens (tertiary/aromatic N) is 2. The van der Waals surface area contributed by atoms with E-state index in [0.717, 1.165) is 31.7 Å². The van der Waals surface area contributed by atoms with Crippen molar-refractivity contribution in [3.8, 4) is 0 Å². The standard InChI is InChI=1S/C15H18N4O.2ClH/c20-15(17-10-13-8-16-9-13)14-4-2-12(3-5-14)11-19-7-1-6-18-19;;/h1-7,13,16H,8-11H2,(H,17,20);2*1H. The van der Waals surface area contributed by atoms with Crippen molar-refractivity contribution < 1.29 is 4.79 Å². The van der Waals surface area contributed by atoms with E-state index in [-0.39, 0.29) is 30.7 Å². The summed E-state index contributed by atoms with van der Waals surface area (Å²) in [4.78, 5) is 12.0. The minimum Gasteiger partial charge on any atom is -0.352 e. The van der Waals surface area contributed by atoms with Crippen LogP contribution < -0.4 is 10.6 Å². The molecule has 120 valence electrons. The molecule has 1 saturated heterocycles. The normalized spacial score (nSPS) is 13.5. The van der Waals surface area contributed by atoms with Gasteiger partial charge in [0, 0.05) is 43.5 Å². The van der Waals surface area contributed by atoms with E-state index in [0.29, 0.717) is 11.5 Å². The predicted molar refractivity (Wildman–Crippen MR) is 91.0 cm³/mol. The SMILES string of the molecule is Cl.Cl.O=C(NCC1CNC1)c1ccc(Cn2cccn2)cc1. The van der Waals surface area contributed by atoms with Crippen LogP contribution in [0.25, 0.3) is 0 Å². The van der Waals surface area contributed by atoms with Gasteiger partial charge >= 0.3 is 0 Å². The van der Waals surface area contributed by atoms with Gasteiger partial charge < -0.3 is 10.6 Å². The lowest BCUT2D eigenvalue weighted by Crippen LogP contribution is -2.48. The monoisotopic (exact) mass is 342 g/mol. The second-order valence-electron chi connectivity index (χ2n) is 5.13. The summed E-state index contributed by atoms with van der Waals surface area (Å²) in [6, 6.07) is 9.58. The van der Waals surface area contributed by atoms with Gasteiger partial charge in [0.2, 0.25) is 0 Å². The minimum atomic E-state index is 0. The van der Waals surface area contributed by atoms with Gasteiger partial charge in [-0.1, -0.05) is 12.1 Å². The summed E-state index contributed by atoms with van der Waals surface area (Å²) in [6.45, 7) is 3.48. The number of aromatic nitrogens is 2. The Labute approximate surface area is 142 Å². The van der Waals surface area contributed by atoms with Crippen LogP contribution >= 0.6 is 24.8 Å². The Morgan fingerprint density at radius 1 is 1.27 bits per heavy atom. The smallest absolute Gasteiger partial charge is 0.251 e. The van der Waals surface area contributed by atoms with Crippen LogP contribution in [0, 0.1) is 5.92 Å². The zero-order chi connectivity index (χ0) is 13.8. The Morgan fingerprint density at radius 2 is 2.00 bits per heavy atom. The molecule has 2 heterocycles. The Balaban J connectivity index is 0.00000121. The molecule has 0 atom stereocenters. The van der Waals surface area contributed by atoms with Crippen molar-refractivity contribution >= 4 is 30.7 Å². The fourth-order valence-electron chi connectivity index (χ4n) is 2.17. The Bertz CT molecular complexity index is 568. The molecule has 1 aromatic carbocycles. The maximum Gasteiger partial charge on any atom is 0.251 e. The lowest BCUT2D eigenvalue weighted by atomic mass is 10.0. The van der Waals surface area contributed by atoms with E-state index in [9.17, 15) is 4.79 Å². The molecule has 7 heteroatoms. The van der Waals surface area contributed by atoms with Crippen LogP contribution in [0.5, 0.6) is 0 Å². The maximum atomic E-state index is 12.0. The molecule has 0 radical (unpaired) electrons. The molecule has 1 fully saturated rings. The van der Waals surface area contributed by atoms with E-state index in [1.807, 2.05) is 41.2 Å². The zero-order valence-corrected chi connectivity index (χ0v) is 13.7. The van der Waals surface area contributed by atoms with Gasteiger partial charge in [-0.05, 0) is 23.8 Å². The first-order chi connectivity index (χ1) is 9.81. The van der Waals surface area contributed by atoms with E-state index < -0.39 is 0 Å². The van der Waals surface area contributed by atoms with Crippen LogP contribution in [-0.2, 0) is 6.54 Å². The zero-order valence-electron chi connectivity index (χ0n) is 12.1. The van der Waals surface area contributed by atoms with Crippen LogP contribution in [0.3, 0.4) is 0 Å². The van der Waals surface area contributed by atoms with Gasteiger partial charge in [-0.15, -0.1) is 24.8 Å². The molecule has 1 aliphatic rings. The summed E-state index contributed by atoms with van der Waals surface area (Å²) in [5, 5.41) is 10.3. The molecular formula is C15H20Cl2N4O. The van der Waals surface area contributed by atoms with Gasteiger partial charge in [-0.2, -0.15) is 5.10 Å². The molecule has 0 aliphatic carbocycles. The highest BCUT2D eigenvalue weighted by Gasteiger charge is 2.17. The molecule has 1 aliphatic heterocycles. The van der Waals surface area contributed by atoms with Crippen molar-refractivity contribution in [2.75, 3.05) is 19.6 Å². The number of carbonyl (C=O) groups excluding carboxylic acids is 1. The van der Waals surface area contributed by atoms with Crippen molar-refractivity contribution in [1.29, 1.82) is 0 Å². The summed E-state index contributed by atoms with van der Waals surface area (Å²) in [7, 11) is 0. The number of carbonyl (C=O) groups is 1. The van der Waals surface area contributed by atoms with Crippen LogP contribution in [0.2, 0.25) is 0 Å². The fraction of sp³-hybridized carbons (Fsp3) is 0.333. The van der Waals surface area contributed by atoms with E-state index >= 15 is 0 Å². The molecule has 0 saturated carbocycles. The number of benzene rings is 1. The molecule has 3 rings (SSSR count). The van der Waals surface area contributed by atoms with Crippen LogP contribution in [0.4, 0.5) is 0 Å². The summed E-state index contributed by atoms with van der Waals surface area (Å²) >= 11 is 0. The van der Waals surface area contributed by atoms with Gasteiger partial charge in [0.15, 0.2) is 0 Å². The number of halogens is 2. The number of nitrogens with one attached hydrogen (secondary N) is 2. The number of rotatable bonds is 5. The lowest BCUT2D eigenvalue weighted by molar-refractivity contribution is 0.0942. The third kappa shape index (κ3) is 4.73. The van der Waals surface area contributed by atoms with E-state index in [4.69, 9.17) is 0 Å². The van der Waals surface area contributed by atoms with Gasteiger partial charge in [-0.3, -0.25) is 9.48 Å². The van der Waals surface area contributed by atoms with E-state index in [2.05, 4.69) is 15.7 Å². The van der Waals surface area contributed by atoms with Crippen molar-refractivity contribution in [3.63, 3.8) is 0 Å². The molecule has 0 spiro atoms. The van der Waals surface area contributed by atoms with Gasteiger partial charge in [0.05, 0.1) is 6.54 Å². The Hall–Kier alpha value is -1.56. The van der Waals surface area contributed by atoms with Gasteiger partial charge in [-0.25, -0.2) is 0 Å². The molecule has 2 N–H and O–H groups in total. The fourth-order valence-corrected chi connectivity index (χ4v) is 2.17. The number of hydrogen-bond donors (Lipinski definition) is 2. The highest BCUT2D eigenvalue weighted by molar-refractivity contribution is 5.94. The molecule has 1 amide bonds. The quantitative estimate of drug-likeness (QED) is 0.869. The largest absolute Gasteiger partial charge is 0.352 e. The summed E-state index contributed by atoms with van der Waals surface area (Å²) < 4.78 is 1.86. The van der Waals surface area contributed by atoms with Crippen LogP contribution in [-0.4, -0.2) is 35.3 Å². The van der Waals surface area contributed by atoms with Crippen molar-refractivity contribution in [2.45, 2.75) is 6.54 Å². The molecule has 0 bridgehead atoms. The minimum absolute atomic E-state index is 0. The highest BCUT2D eigenvalue weighted by Crippen LogP contribution is 2.07. The summed E-state index contributed by atoms with van der Waals surface area (Å²) in [5.41, 5.74) is 1.84. The number of amides is 1.